The lowest BCUT2D eigenvalue weighted by Crippen LogP contribution is -2.24. The first-order valence-corrected chi connectivity index (χ1v) is 16.0. The molecule has 0 radical (unpaired) electrons. The van der Waals surface area contributed by atoms with Gasteiger partial charge in [-0.15, -0.1) is 0 Å². The number of aryl methyl sites for hydroxylation is 1. The summed E-state index contributed by atoms with van der Waals surface area (Å²) in [5, 5.41) is 0. The van der Waals surface area contributed by atoms with E-state index in [9.17, 15) is 0 Å². The number of ether oxygens (including phenoxy) is 1. The van der Waals surface area contributed by atoms with Crippen LogP contribution in [0.15, 0.2) is 133 Å². The molecule has 5 nitrogen and oxygen atoms in total. The third-order valence-corrected chi connectivity index (χ3v) is 8.01. The molecule has 232 valence electrons. The quantitative estimate of drug-likeness (QED) is 0.173. The van der Waals surface area contributed by atoms with E-state index in [1.165, 1.54) is 22.2 Å². The van der Waals surface area contributed by atoms with Crippen molar-refractivity contribution in [3.8, 4) is 5.75 Å². The molecule has 7 aromatic rings. The second kappa shape index (κ2) is 13.9. The predicted octanol–water partition coefficient (Wildman–Crippen LogP) is 9.40. The number of hydrogen-bond acceptors (Lipinski definition) is 3. The van der Waals surface area contributed by atoms with E-state index in [1.807, 2.05) is 42.5 Å². The van der Waals surface area contributed by atoms with E-state index in [0.29, 0.717) is 6.61 Å². The Bertz CT molecular complexity index is 2020. The maximum atomic E-state index is 5.88. The fraction of sp³-hybridized carbons (Fsp3) is 0.220. The topological polar surface area (TPSA) is 44.9 Å². The molecule has 5 heteroatoms. The van der Waals surface area contributed by atoms with Gasteiger partial charge in [0.15, 0.2) is 0 Å². The molecule has 5 aromatic carbocycles. The van der Waals surface area contributed by atoms with Gasteiger partial charge in [0.1, 0.15) is 24.0 Å². The van der Waals surface area contributed by atoms with Crippen molar-refractivity contribution < 1.29 is 4.74 Å². The number of imidazole rings is 2. The summed E-state index contributed by atoms with van der Waals surface area (Å²) in [5.74, 6) is 3.11. The van der Waals surface area contributed by atoms with Crippen LogP contribution >= 0.6 is 0 Å². The summed E-state index contributed by atoms with van der Waals surface area (Å²) in [6.07, 6.45) is 1.69. The summed E-state index contributed by atoms with van der Waals surface area (Å²) in [6, 6.07) is 45.8. The molecule has 0 N–H and O–H groups in total. The van der Waals surface area contributed by atoms with Gasteiger partial charge >= 0.3 is 0 Å². The van der Waals surface area contributed by atoms with Crippen molar-refractivity contribution in [3.05, 3.63) is 162 Å². The van der Waals surface area contributed by atoms with Gasteiger partial charge in [-0.25, -0.2) is 9.97 Å². The third kappa shape index (κ3) is 7.37. The minimum absolute atomic E-state index is 0.0231. The van der Waals surface area contributed by atoms with E-state index in [0.717, 1.165) is 53.3 Å². The Balaban J connectivity index is 0.000000164. The van der Waals surface area contributed by atoms with E-state index >= 15 is 0 Å². The average Bonchev–Trinajstić information content (AvgIpc) is 3.60. The van der Waals surface area contributed by atoms with Crippen LogP contribution in [-0.2, 0) is 24.9 Å². The number of hydrogen-bond donors (Lipinski definition) is 0. The molecule has 0 atom stereocenters. The lowest BCUT2D eigenvalue weighted by atomic mass is 10.1. The summed E-state index contributed by atoms with van der Waals surface area (Å²) in [7, 11) is 0. The van der Waals surface area contributed by atoms with Gasteiger partial charge in [-0.05, 0) is 75.2 Å². The van der Waals surface area contributed by atoms with E-state index < -0.39 is 0 Å². The highest BCUT2D eigenvalue weighted by Crippen LogP contribution is 2.27. The lowest BCUT2D eigenvalue weighted by Gasteiger charge is -2.24. The summed E-state index contributed by atoms with van der Waals surface area (Å²) in [5.41, 5.74) is 8.39. The molecule has 0 bridgehead atoms. The summed E-state index contributed by atoms with van der Waals surface area (Å²) in [4.78, 5) is 9.71. The van der Waals surface area contributed by atoms with Crippen molar-refractivity contribution in [2.45, 2.75) is 52.6 Å². The fourth-order valence-corrected chi connectivity index (χ4v) is 6.01. The molecule has 0 aliphatic rings. The SMILES string of the molecule is Cc1cccc(Cc2nc3ccccc3n2C(C)(C)C)c1.c1ccc(Cc2nc3ccccc3n2CCOc2ccccc2)cc1. The van der Waals surface area contributed by atoms with Crippen LogP contribution in [0, 0.1) is 6.92 Å². The van der Waals surface area contributed by atoms with Crippen LogP contribution in [0.5, 0.6) is 5.75 Å². The van der Waals surface area contributed by atoms with Gasteiger partial charge in [0, 0.05) is 18.4 Å². The first-order valence-electron chi connectivity index (χ1n) is 16.0. The molecule has 0 aliphatic carbocycles. The molecular formula is C41H42N4O. The van der Waals surface area contributed by atoms with Gasteiger partial charge in [0.2, 0.25) is 0 Å². The Hall–Kier alpha value is -5.16. The van der Waals surface area contributed by atoms with Crippen LogP contribution in [-0.4, -0.2) is 25.7 Å². The van der Waals surface area contributed by atoms with Crippen LogP contribution in [0.3, 0.4) is 0 Å². The maximum Gasteiger partial charge on any atom is 0.119 e. The summed E-state index contributed by atoms with van der Waals surface area (Å²) in [6.45, 7) is 10.2. The Morgan fingerprint density at radius 1 is 0.587 bits per heavy atom. The zero-order chi connectivity index (χ0) is 31.9. The molecule has 2 heterocycles. The van der Waals surface area contributed by atoms with Crippen molar-refractivity contribution >= 4 is 22.1 Å². The second-order valence-electron chi connectivity index (χ2n) is 12.7. The summed E-state index contributed by atoms with van der Waals surface area (Å²) < 4.78 is 10.5. The van der Waals surface area contributed by atoms with Crippen molar-refractivity contribution in [1.29, 1.82) is 0 Å². The highest BCUT2D eigenvalue weighted by atomic mass is 16.5. The molecule has 0 unspecified atom stereocenters. The molecule has 7 rings (SSSR count). The van der Waals surface area contributed by atoms with Gasteiger partial charge in [-0.3, -0.25) is 0 Å². The van der Waals surface area contributed by atoms with Gasteiger partial charge in [0.25, 0.3) is 0 Å². The Morgan fingerprint density at radius 3 is 1.85 bits per heavy atom. The van der Waals surface area contributed by atoms with E-state index in [4.69, 9.17) is 14.7 Å². The van der Waals surface area contributed by atoms with E-state index in [2.05, 4.69) is 128 Å². The molecule has 0 saturated carbocycles. The molecule has 0 saturated heterocycles. The number of benzene rings is 5. The average molecular weight is 607 g/mol. The van der Waals surface area contributed by atoms with E-state index in [-0.39, 0.29) is 5.54 Å². The Morgan fingerprint density at radius 2 is 1.15 bits per heavy atom. The third-order valence-electron chi connectivity index (χ3n) is 8.01. The minimum Gasteiger partial charge on any atom is -0.492 e. The molecular weight excluding hydrogens is 564 g/mol. The standard InChI is InChI=1S/C22H20N2O.C19H22N2/c1-3-9-18(10-4-1)17-22-23-20-13-7-8-14-21(20)24(22)15-16-25-19-11-5-2-6-12-19;1-14-8-7-9-15(12-14)13-18-20-16-10-5-6-11-17(16)21(18)19(2,3)4/h1-14H,15-17H2;5-12H,13H2,1-4H3. The molecule has 0 amide bonds. The maximum absolute atomic E-state index is 5.88. The lowest BCUT2D eigenvalue weighted by molar-refractivity contribution is 0.298. The van der Waals surface area contributed by atoms with Gasteiger partial charge < -0.3 is 13.9 Å². The number of nitrogens with zero attached hydrogens (tertiary/aromatic N) is 4. The monoisotopic (exact) mass is 606 g/mol. The van der Waals surface area contributed by atoms with Gasteiger partial charge in [-0.2, -0.15) is 0 Å². The molecule has 0 fully saturated rings. The van der Waals surface area contributed by atoms with Crippen LogP contribution in [0.2, 0.25) is 0 Å². The first-order chi connectivity index (χ1) is 22.3. The summed E-state index contributed by atoms with van der Waals surface area (Å²) >= 11 is 0. The zero-order valence-electron chi connectivity index (χ0n) is 27.2. The number of fused-ring (bicyclic) bond motifs is 2. The van der Waals surface area contributed by atoms with Crippen LogP contribution in [0.1, 0.15) is 49.1 Å². The van der Waals surface area contributed by atoms with Crippen LogP contribution in [0.4, 0.5) is 0 Å². The highest BCUT2D eigenvalue weighted by Gasteiger charge is 2.21. The predicted molar refractivity (Wildman–Crippen MR) is 190 cm³/mol. The van der Waals surface area contributed by atoms with Crippen molar-refractivity contribution in [3.63, 3.8) is 0 Å². The number of para-hydroxylation sites is 5. The van der Waals surface area contributed by atoms with Crippen molar-refractivity contribution in [2.75, 3.05) is 6.61 Å². The smallest absolute Gasteiger partial charge is 0.119 e. The number of aromatic nitrogens is 4. The minimum atomic E-state index is 0.0231. The van der Waals surface area contributed by atoms with Gasteiger partial charge in [-0.1, -0.05) is 103 Å². The largest absolute Gasteiger partial charge is 0.492 e. The first kappa shape index (κ1) is 30.8. The van der Waals surface area contributed by atoms with Gasteiger partial charge in [0.05, 0.1) is 28.6 Å². The normalized spacial score (nSPS) is 11.4. The van der Waals surface area contributed by atoms with Crippen LogP contribution < -0.4 is 4.74 Å². The Labute approximate surface area is 272 Å². The number of rotatable bonds is 8. The molecule has 46 heavy (non-hydrogen) atoms. The zero-order valence-corrected chi connectivity index (χ0v) is 27.2. The van der Waals surface area contributed by atoms with E-state index in [1.54, 1.807) is 0 Å². The Kier molecular flexibility index (Phi) is 9.30. The fourth-order valence-electron chi connectivity index (χ4n) is 6.01. The highest BCUT2D eigenvalue weighted by molar-refractivity contribution is 5.77. The van der Waals surface area contributed by atoms with Crippen LogP contribution in [0.25, 0.3) is 22.1 Å². The molecule has 2 aromatic heterocycles. The second-order valence-corrected chi connectivity index (χ2v) is 12.7. The molecule has 0 spiro atoms. The van der Waals surface area contributed by atoms with Crippen molar-refractivity contribution in [2.24, 2.45) is 0 Å². The van der Waals surface area contributed by atoms with Crippen molar-refractivity contribution in [1.82, 2.24) is 19.1 Å². The molecule has 0 aliphatic heterocycles.